The van der Waals surface area contributed by atoms with Crippen LogP contribution in [0.15, 0.2) is 57.6 Å². The van der Waals surface area contributed by atoms with Crippen molar-refractivity contribution in [3.05, 3.63) is 60.4 Å². The van der Waals surface area contributed by atoms with Crippen molar-refractivity contribution in [1.82, 2.24) is 20.4 Å². The molecule has 0 radical (unpaired) electrons. The topological polar surface area (TPSA) is 84.4 Å². The summed E-state index contributed by atoms with van der Waals surface area (Å²) in [5.41, 5.74) is 0.889. The Morgan fingerprint density at radius 2 is 2.08 bits per heavy atom. The normalized spacial score (nSPS) is 17.5. The minimum absolute atomic E-state index is 0.00157. The summed E-state index contributed by atoms with van der Waals surface area (Å²) in [6, 6.07) is 13.1. The van der Waals surface area contributed by atoms with Gasteiger partial charge in [0, 0.05) is 5.56 Å². The molecule has 0 aliphatic carbocycles. The summed E-state index contributed by atoms with van der Waals surface area (Å²) >= 11 is 0. The highest BCUT2D eigenvalue weighted by atomic mass is 16.4. The molecule has 1 amide bonds. The first kappa shape index (κ1) is 16.5. The first-order valence-electron chi connectivity index (χ1n) is 8.71. The summed E-state index contributed by atoms with van der Waals surface area (Å²) in [5.74, 6) is 1.77. The lowest BCUT2D eigenvalue weighted by Crippen LogP contribution is -2.42. The van der Waals surface area contributed by atoms with Crippen LogP contribution in [0.25, 0.3) is 11.5 Å². The second-order valence-electron chi connectivity index (χ2n) is 6.29. The monoisotopic (exact) mass is 352 g/mol. The molecule has 1 N–H and O–H groups in total. The Hall–Kier alpha value is -2.93. The van der Waals surface area contributed by atoms with Gasteiger partial charge in [-0.15, -0.1) is 10.2 Å². The Bertz CT molecular complexity index is 845. The summed E-state index contributed by atoms with van der Waals surface area (Å²) in [4.78, 5) is 14.6. The minimum atomic E-state index is -0.183. The van der Waals surface area contributed by atoms with Crippen molar-refractivity contribution in [3.63, 3.8) is 0 Å². The standard InChI is InChI=1S/C19H20N4O3/c24-18(20-12-15-8-5-11-25-15)16-9-4-10-23(16)13-17-21-22-19(26-17)14-6-2-1-3-7-14/h1-3,5-8,11,16H,4,9-10,12-13H2,(H,20,24). The highest BCUT2D eigenvalue weighted by molar-refractivity contribution is 5.81. The van der Waals surface area contributed by atoms with Gasteiger partial charge in [0.1, 0.15) is 5.76 Å². The van der Waals surface area contributed by atoms with Crippen molar-refractivity contribution in [2.75, 3.05) is 6.54 Å². The maximum absolute atomic E-state index is 12.5. The highest BCUT2D eigenvalue weighted by Crippen LogP contribution is 2.22. The van der Waals surface area contributed by atoms with Crippen LogP contribution in [0.1, 0.15) is 24.5 Å². The van der Waals surface area contributed by atoms with Crippen LogP contribution in [0.3, 0.4) is 0 Å². The molecule has 1 aliphatic rings. The Balaban J connectivity index is 1.38. The summed E-state index contributed by atoms with van der Waals surface area (Å²) < 4.78 is 11.0. The van der Waals surface area contributed by atoms with Gasteiger partial charge in [0.15, 0.2) is 0 Å². The van der Waals surface area contributed by atoms with Crippen LogP contribution in [0, 0.1) is 0 Å². The Kier molecular flexibility index (Phi) is 4.79. The van der Waals surface area contributed by atoms with E-state index in [-0.39, 0.29) is 11.9 Å². The first-order valence-corrected chi connectivity index (χ1v) is 8.71. The Morgan fingerprint density at radius 3 is 2.88 bits per heavy atom. The van der Waals surface area contributed by atoms with Crippen molar-refractivity contribution < 1.29 is 13.6 Å². The average Bonchev–Trinajstić information content (AvgIpc) is 3.43. The quantitative estimate of drug-likeness (QED) is 0.734. The Labute approximate surface area is 151 Å². The molecule has 1 unspecified atom stereocenters. The molecule has 4 rings (SSSR count). The van der Waals surface area contributed by atoms with Gasteiger partial charge in [-0.1, -0.05) is 18.2 Å². The molecule has 0 saturated carbocycles. The molecule has 2 aromatic heterocycles. The predicted octanol–water partition coefficient (Wildman–Crippen LogP) is 2.61. The fourth-order valence-corrected chi connectivity index (χ4v) is 3.21. The van der Waals surface area contributed by atoms with Crippen LogP contribution in [0.4, 0.5) is 0 Å². The minimum Gasteiger partial charge on any atom is -0.467 e. The number of nitrogens with zero attached hydrogens (tertiary/aromatic N) is 3. The van der Waals surface area contributed by atoms with Crippen molar-refractivity contribution in [2.45, 2.75) is 32.0 Å². The van der Waals surface area contributed by atoms with Gasteiger partial charge in [0.25, 0.3) is 0 Å². The van der Waals surface area contributed by atoms with E-state index in [4.69, 9.17) is 8.83 Å². The maximum Gasteiger partial charge on any atom is 0.247 e. The van der Waals surface area contributed by atoms with E-state index in [1.54, 1.807) is 6.26 Å². The number of furan rings is 1. The lowest BCUT2D eigenvalue weighted by atomic mass is 10.2. The van der Waals surface area contributed by atoms with E-state index in [0.717, 1.165) is 30.7 Å². The molecule has 3 heterocycles. The molecule has 0 spiro atoms. The number of hydrogen-bond donors (Lipinski definition) is 1. The van der Waals surface area contributed by atoms with Gasteiger partial charge in [-0.05, 0) is 43.7 Å². The zero-order valence-electron chi connectivity index (χ0n) is 14.3. The van der Waals surface area contributed by atoms with Gasteiger partial charge in [0.05, 0.1) is 25.4 Å². The Morgan fingerprint density at radius 1 is 1.19 bits per heavy atom. The van der Waals surface area contributed by atoms with Crippen LogP contribution >= 0.6 is 0 Å². The largest absolute Gasteiger partial charge is 0.467 e. The molecule has 1 atom stereocenters. The first-order chi connectivity index (χ1) is 12.8. The van der Waals surface area contributed by atoms with Gasteiger partial charge >= 0.3 is 0 Å². The molecule has 7 heteroatoms. The molecule has 1 fully saturated rings. The van der Waals surface area contributed by atoms with E-state index in [1.807, 2.05) is 42.5 Å². The molecular formula is C19H20N4O3. The molecule has 3 aromatic rings. The zero-order valence-corrected chi connectivity index (χ0v) is 14.3. The van der Waals surface area contributed by atoms with Crippen LogP contribution in [0.2, 0.25) is 0 Å². The molecule has 1 aromatic carbocycles. The van der Waals surface area contributed by atoms with Crippen molar-refractivity contribution in [3.8, 4) is 11.5 Å². The number of carbonyl (C=O) groups is 1. The fourth-order valence-electron chi connectivity index (χ4n) is 3.21. The van der Waals surface area contributed by atoms with Crippen LogP contribution in [-0.2, 0) is 17.9 Å². The molecule has 1 saturated heterocycles. The molecule has 26 heavy (non-hydrogen) atoms. The number of aromatic nitrogens is 2. The second-order valence-corrected chi connectivity index (χ2v) is 6.29. The summed E-state index contributed by atoms with van der Waals surface area (Å²) in [6.07, 6.45) is 3.39. The number of hydrogen-bond acceptors (Lipinski definition) is 6. The number of benzene rings is 1. The predicted molar refractivity (Wildman–Crippen MR) is 93.7 cm³/mol. The van der Waals surface area contributed by atoms with Crippen LogP contribution in [-0.4, -0.2) is 33.6 Å². The smallest absolute Gasteiger partial charge is 0.247 e. The number of rotatable bonds is 6. The summed E-state index contributed by atoms with van der Waals surface area (Å²) in [7, 11) is 0. The van der Waals surface area contributed by atoms with Crippen molar-refractivity contribution >= 4 is 5.91 Å². The van der Waals surface area contributed by atoms with E-state index in [1.165, 1.54) is 0 Å². The average molecular weight is 352 g/mol. The molecule has 134 valence electrons. The number of amides is 1. The lowest BCUT2D eigenvalue weighted by molar-refractivity contribution is -0.126. The maximum atomic E-state index is 12.5. The van der Waals surface area contributed by atoms with Crippen molar-refractivity contribution in [1.29, 1.82) is 0 Å². The summed E-state index contributed by atoms with van der Waals surface area (Å²) in [6.45, 7) is 1.70. The molecule has 0 bridgehead atoms. The van der Waals surface area contributed by atoms with Crippen molar-refractivity contribution in [2.24, 2.45) is 0 Å². The second kappa shape index (κ2) is 7.53. The number of carbonyl (C=O) groups excluding carboxylic acids is 1. The van der Waals surface area contributed by atoms with Gasteiger partial charge in [-0.2, -0.15) is 0 Å². The van der Waals surface area contributed by atoms with E-state index in [2.05, 4.69) is 20.4 Å². The third-order valence-corrected chi connectivity index (χ3v) is 4.51. The van der Waals surface area contributed by atoms with E-state index in [9.17, 15) is 4.79 Å². The molecule has 7 nitrogen and oxygen atoms in total. The van der Waals surface area contributed by atoms with Gasteiger partial charge in [-0.25, -0.2) is 0 Å². The molecular weight excluding hydrogens is 332 g/mol. The van der Waals surface area contributed by atoms with Crippen LogP contribution < -0.4 is 5.32 Å². The number of nitrogens with one attached hydrogen (secondary N) is 1. The molecule has 1 aliphatic heterocycles. The lowest BCUT2D eigenvalue weighted by Gasteiger charge is -2.21. The van der Waals surface area contributed by atoms with Gasteiger partial charge in [-0.3, -0.25) is 9.69 Å². The van der Waals surface area contributed by atoms with Gasteiger partial charge < -0.3 is 14.2 Å². The van der Waals surface area contributed by atoms with Crippen LogP contribution in [0.5, 0.6) is 0 Å². The third-order valence-electron chi connectivity index (χ3n) is 4.51. The third kappa shape index (κ3) is 3.67. The zero-order chi connectivity index (χ0) is 17.8. The van der Waals surface area contributed by atoms with E-state index < -0.39 is 0 Å². The van der Waals surface area contributed by atoms with E-state index in [0.29, 0.717) is 24.9 Å². The fraction of sp³-hybridized carbons (Fsp3) is 0.316. The highest BCUT2D eigenvalue weighted by Gasteiger charge is 2.31. The summed E-state index contributed by atoms with van der Waals surface area (Å²) in [5, 5.41) is 11.2. The number of likely N-dealkylation sites (tertiary alicyclic amines) is 1. The SMILES string of the molecule is O=C(NCc1ccco1)C1CCCN1Cc1nnc(-c2ccccc2)o1. The van der Waals surface area contributed by atoms with Gasteiger partial charge in [0.2, 0.25) is 17.7 Å². The van der Waals surface area contributed by atoms with E-state index >= 15 is 0 Å².